The highest BCUT2D eigenvalue weighted by molar-refractivity contribution is 5.71. The number of nitrogens with zero attached hydrogens (tertiary/aromatic N) is 1. The zero-order valence-electron chi connectivity index (χ0n) is 7.84. The van der Waals surface area contributed by atoms with Crippen molar-refractivity contribution in [1.29, 1.82) is 0 Å². The number of nitrogens with one attached hydrogen (secondary N) is 1. The van der Waals surface area contributed by atoms with Crippen molar-refractivity contribution in [2.24, 2.45) is 0 Å². The van der Waals surface area contributed by atoms with Gasteiger partial charge in [-0.25, -0.2) is 9.89 Å². The normalized spacial score (nSPS) is 23.3. The van der Waals surface area contributed by atoms with Crippen LogP contribution in [0.15, 0.2) is 0 Å². The lowest BCUT2D eigenvalue weighted by Gasteiger charge is -2.23. The van der Waals surface area contributed by atoms with E-state index in [2.05, 4.69) is 11.9 Å². The smallest absolute Gasteiger partial charge is 0.223 e. The molecule has 1 aliphatic heterocycles. The molecule has 0 saturated carbocycles. The van der Waals surface area contributed by atoms with Crippen molar-refractivity contribution in [3.63, 3.8) is 0 Å². The van der Waals surface area contributed by atoms with Gasteiger partial charge in [0.2, 0.25) is 0 Å². The molecular weight excluding hydrogens is 152 g/mol. The summed E-state index contributed by atoms with van der Waals surface area (Å²) in [5.74, 6) is 0. The van der Waals surface area contributed by atoms with E-state index in [9.17, 15) is 4.79 Å². The van der Waals surface area contributed by atoms with E-state index < -0.39 is 0 Å². The number of urea groups is 1. The third-order valence-electron chi connectivity index (χ3n) is 2.28. The summed E-state index contributed by atoms with van der Waals surface area (Å²) in [6.45, 7) is 4.98. The zero-order chi connectivity index (χ0) is 8.97. The van der Waals surface area contributed by atoms with Crippen molar-refractivity contribution in [3.8, 4) is 0 Å². The van der Waals surface area contributed by atoms with Crippen molar-refractivity contribution >= 4 is 12.2 Å². The van der Waals surface area contributed by atoms with E-state index in [4.69, 9.17) is 0 Å². The summed E-state index contributed by atoms with van der Waals surface area (Å²) >= 11 is 0. The fraction of sp³-hybridized carbons (Fsp3) is 0.778. The molecule has 0 aliphatic carbocycles. The molecule has 0 saturated heterocycles. The summed E-state index contributed by atoms with van der Waals surface area (Å²) in [5, 5.41) is 0. The second-order valence-corrected chi connectivity index (χ2v) is 3.12. The molecule has 1 rings (SSSR count). The van der Waals surface area contributed by atoms with Gasteiger partial charge in [-0.05, 0) is 13.3 Å². The van der Waals surface area contributed by atoms with Gasteiger partial charge in [0.05, 0.1) is 12.8 Å². The van der Waals surface area contributed by atoms with Crippen molar-refractivity contribution in [1.82, 2.24) is 4.90 Å². The predicted octanol–water partition coefficient (Wildman–Crippen LogP) is 0.152. The van der Waals surface area contributed by atoms with E-state index in [0.717, 1.165) is 25.8 Å². The van der Waals surface area contributed by atoms with Crippen LogP contribution in [0.3, 0.4) is 0 Å². The number of carbonyl (C=O) groups excluding carboxylic acids is 1. The Balaban J connectivity index is 2.61. The Hall–Kier alpha value is -0.860. The van der Waals surface area contributed by atoms with Gasteiger partial charge < -0.3 is 0 Å². The topological polar surface area (TPSA) is 34.3 Å². The highest BCUT2D eigenvalue weighted by Crippen LogP contribution is 2.10. The van der Waals surface area contributed by atoms with Crippen LogP contribution in [-0.4, -0.2) is 29.7 Å². The fourth-order valence-corrected chi connectivity index (χ4v) is 1.67. The second kappa shape index (κ2) is 4.24. The van der Waals surface area contributed by atoms with E-state index >= 15 is 0 Å². The van der Waals surface area contributed by atoms with Crippen LogP contribution in [0, 0.1) is 0 Å². The molecule has 0 aromatic rings. The maximum absolute atomic E-state index is 11.3. The van der Waals surface area contributed by atoms with Gasteiger partial charge >= 0.3 is 6.03 Å². The van der Waals surface area contributed by atoms with Gasteiger partial charge in [-0.3, -0.25) is 0 Å². The monoisotopic (exact) mass is 169 g/mol. The van der Waals surface area contributed by atoms with Crippen LogP contribution in [0.4, 0.5) is 4.79 Å². The van der Waals surface area contributed by atoms with Crippen molar-refractivity contribution < 1.29 is 9.79 Å². The minimum absolute atomic E-state index is 0.0576. The summed E-state index contributed by atoms with van der Waals surface area (Å²) in [4.78, 5) is 15.9. The highest BCUT2D eigenvalue weighted by Gasteiger charge is 2.30. The third-order valence-corrected chi connectivity index (χ3v) is 2.28. The summed E-state index contributed by atoms with van der Waals surface area (Å²) in [6.07, 6.45) is 5.10. The number of rotatable bonds is 3. The van der Waals surface area contributed by atoms with Crippen LogP contribution in [0.2, 0.25) is 0 Å². The first-order valence-corrected chi connectivity index (χ1v) is 4.68. The van der Waals surface area contributed by atoms with Gasteiger partial charge in [-0.1, -0.05) is 13.3 Å². The molecule has 0 spiro atoms. The lowest BCUT2D eigenvalue weighted by atomic mass is 10.1. The van der Waals surface area contributed by atoms with Crippen LogP contribution in [-0.2, 0) is 0 Å². The molecule has 2 amide bonds. The van der Waals surface area contributed by atoms with Gasteiger partial charge in [0, 0.05) is 6.42 Å². The minimum atomic E-state index is 0.0576. The zero-order valence-corrected chi connectivity index (χ0v) is 7.84. The Morgan fingerprint density at radius 1 is 1.67 bits per heavy atom. The largest absolute Gasteiger partial charge is 0.490 e. The van der Waals surface area contributed by atoms with Crippen LogP contribution < -0.4 is 4.99 Å². The molecule has 0 radical (unpaired) electrons. The first kappa shape index (κ1) is 9.23. The standard InChI is InChI=1S/C9H16N2O/c1-3-5-8-6-7-10-9(12)11(8)4-2/h7-8H,3-6H2,1-2H3/p+1. The first-order valence-electron chi connectivity index (χ1n) is 4.68. The van der Waals surface area contributed by atoms with E-state index in [-0.39, 0.29) is 6.03 Å². The van der Waals surface area contributed by atoms with Crippen LogP contribution in [0.5, 0.6) is 0 Å². The molecule has 12 heavy (non-hydrogen) atoms. The van der Waals surface area contributed by atoms with Crippen molar-refractivity contribution in [2.75, 3.05) is 6.54 Å². The van der Waals surface area contributed by atoms with Crippen LogP contribution in [0.1, 0.15) is 33.1 Å². The number of amides is 2. The maximum Gasteiger partial charge on any atom is 0.490 e. The average molecular weight is 169 g/mol. The lowest BCUT2D eigenvalue weighted by molar-refractivity contribution is -0.359. The quantitative estimate of drug-likeness (QED) is 0.641. The molecule has 1 heterocycles. The van der Waals surface area contributed by atoms with Gasteiger partial charge in [0.25, 0.3) is 0 Å². The third kappa shape index (κ3) is 1.84. The molecule has 0 bridgehead atoms. The molecular formula is C9H17N2O+. The molecule has 0 aromatic carbocycles. The fourth-order valence-electron chi connectivity index (χ4n) is 1.67. The van der Waals surface area contributed by atoms with Gasteiger partial charge in [-0.2, -0.15) is 4.79 Å². The molecule has 3 nitrogen and oxygen atoms in total. The Bertz CT molecular complexity index is 189. The first-order chi connectivity index (χ1) is 5.79. The minimum Gasteiger partial charge on any atom is -0.223 e. The Morgan fingerprint density at radius 2 is 2.42 bits per heavy atom. The molecule has 68 valence electrons. The van der Waals surface area contributed by atoms with E-state index in [1.165, 1.54) is 0 Å². The number of carbonyl (C=O) groups is 1. The Kier molecular flexibility index (Phi) is 3.26. The predicted molar refractivity (Wildman–Crippen MR) is 48.1 cm³/mol. The lowest BCUT2D eigenvalue weighted by Crippen LogP contribution is -2.81. The Labute approximate surface area is 73.5 Å². The maximum atomic E-state index is 11.3. The summed E-state index contributed by atoms with van der Waals surface area (Å²) in [5.41, 5.74) is 0. The number of hydrogen-bond donors (Lipinski definition) is 1. The molecule has 0 fully saturated rings. The summed E-state index contributed by atoms with van der Waals surface area (Å²) in [7, 11) is 0. The molecule has 1 atom stereocenters. The highest BCUT2D eigenvalue weighted by atomic mass is 16.2. The van der Waals surface area contributed by atoms with E-state index in [1.807, 2.05) is 18.0 Å². The SMILES string of the molecule is CCCC1CC=[NH+]C(=O)N1CC. The molecule has 3 heteroatoms. The average Bonchev–Trinajstić information content (AvgIpc) is 2.05. The van der Waals surface area contributed by atoms with Crippen LogP contribution >= 0.6 is 0 Å². The van der Waals surface area contributed by atoms with E-state index in [1.54, 1.807) is 0 Å². The molecule has 0 aromatic heterocycles. The summed E-state index contributed by atoms with van der Waals surface area (Å²) < 4.78 is 0. The summed E-state index contributed by atoms with van der Waals surface area (Å²) in [6, 6.07) is 0.482. The molecule has 1 unspecified atom stereocenters. The van der Waals surface area contributed by atoms with Crippen molar-refractivity contribution in [3.05, 3.63) is 0 Å². The molecule has 1 aliphatic rings. The van der Waals surface area contributed by atoms with Gasteiger partial charge in [-0.15, -0.1) is 0 Å². The van der Waals surface area contributed by atoms with Crippen LogP contribution in [0.25, 0.3) is 0 Å². The second-order valence-electron chi connectivity index (χ2n) is 3.12. The molecule has 1 N–H and O–H groups in total. The number of hydrogen-bond acceptors (Lipinski definition) is 1. The van der Waals surface area contributed by atoms with Crippen molar-refractivity contribution in [2.45, 2.75) is 39.2 Å². The van der Waals surface area contributed by atoms with Gasteiger partial charge in [0.15, 0.2) is 0 Å². The van der Waals surface area contributed by atoms with E-state index in [0.29, 0.717) is 6.04 Å². The Morgan fingerprint density at radius 3 is 3.00 bits per heavy atom. The van der Waals surface area contributed by atoms with Gasteiger partial charge in [0.1, 0.15) is 6.04 Å².